The van der Waals surface area contributed by atoms with Crippen LogP contribution in [0, 0.1) is 17.7 Å². The molecule has 112 valence electrons. The largest absolute Gasteiger partial charge is 0.326 e. The summed E-state index contributed by atoms with van der Waals surface area (Å²) >= 11 is 0. The molecule has 0 bridgehead atoms. The zero-order valence-electron chi connectivity index (χ0n) is 12.7. The molecular weight excluding hydrogens is 251 g/mol. The highest BCUT2D eigenvalue weighted by Crippen LogP contribution is 2.25. The summed E-state index contributed by atoms with van der Waals surface area (Å²) in [4.78, 5) is 2.45. The van der Waals surface area contributed by atoms with Crippen LogP contribution in [0.25, 0.3) is 0 Å². The Hall–Kier alpha value is -0.930. The van der Waals surface area contributed by atoms with Gasteiger partial charge in [-0.2, -0.15) is 0 Å². The number of halogens is 1. The smallest absolute Gasteiger partial charge is 0.123 e. The predicted octanol–water partition coefficient (Wildman–Crippen LogP) is 3.54. The second-order valence-corrected chi connectivity index (χ2v) is 6.33. The summed E-state index contributed by atoms with van der Waals surface area (Å²) in [7, 11) is 0. The van der Waals surface area contributed by atoms with Gasteiger partial charge < -0.3 is 5.73 Å². The Bertz CT molecular complexity index is 431. The standard InChI is InChI=1S/C17H27FN2/c1-13(2)14-4-3-8-20(9-7-14)12-16-10-17(18)6-5-15(16)11-19/h5-6,10,13-14H,3-4,7-9,11-12,19H2,1-2H3. The van der Waals surface area contributed by atoms with Crippen LogP contribution in [0.3, 0.4) is 0 Å². The number of nitrogens with zero attached hydrogens (tertiary/aromatic N) is 1. The van der Waals surface area contributed by atoms with Crippen LogP contribution in [0.4, 0.5) is 4.39 Å². The molecule has 0 aromatic heterocycles. The fourth-order valence-electron chi connectivity index (χ4n) is 3.19. The first-order chi connectivity index (χ1) is 9.60. The molecule has 0 amide bonds. The van der Waals surface area contributed by atoms with Crippen molar-refractivity contribution in [1.29, 1.82) is 0 Å². The maximum Gasteiger partial charge on any atom is 0.123 e. The van der Waals surface area contributed by atoms with Crippen LogP contribution in [0.15, 0.2) is 18.2 Å². The summed E-state index contributed by atoms with van der Waals surface area (Å²) in [6.45, 7) is 8.18. The maximum atomic E-state index is 13.4. The quantitative estimate of drug-likeness (QED) is 0.912. The summed E-state index contributed by atoms with van der Waals surface area (Å²) in [5.74, 6) is 1.44. The molecular formula is C17H27FN2. The Morgan fingerprint density at radius 1 is 1.25 bits per heavy atom. The number of rotatable bonds is 4. The normalized spacial score (nSPS) is 21.1. The monoisotopic (exact) mass is 278 g/mol. The molecule has 1 aliphatic rings. The van der Waals surface area contributed by atoms with E-state index < -0.39 is 0 Å². The van der Waals surface area contributed by atoms with E-state index in [-0.39, 0.29) is 5.82 Å². The molecule has 2 N–H and O–H groups in total. The molecule has 1 unspecified atom stereocenters. The van der Waals surface area contributed by atoms with Gasteiger partial charge in [-0.3, -0.25) is 4.90 Å². The van der Waals surface area contributed by atoms with Crippen molar-refractivity contribution < 1.29 is 4.39 Å². The second-order valence-electron chi connectivity index (χ2n) is 6.33. The minimum atomic E-state index is -0.160. The maximum absolute atomic E-state index is 13.4. The van der Waals surface area contributed by atoms with Gasteiger partial charge >= 0.3 is 0 Å². The molecule has 2 rings (SSSR count). The molecule has 1 aliphatic heterocycles. The SMILES string of the molecule is CC(C)C1CCCN(Cc2cc(F)ccc2CN)CC1. The number of hydrogen-bond donors (Lipinski definition) is 1. The zero-order chi connectivity index (χ0) is 14.5. The Balaban J connectivity index is 2.01. The Labute approximate surface area is 122 Å². The zero-order valence-corrected chi connectivity index (χ0v) is 12.7. The third-order valence-electron chi connectivity index (χ3n) is 4.59. The fraction of sp³-hybridized carbons (Fsp3) is 0.647. The van der Waals surface area contributed by atoms with E-state index in [0.717, 1.165) is 42.6 Å². The van der Waals surface area contributed by atoms with Gasteiger partial charge in [-0.25, -0.2) is 4.39 Å². The van der Waals surface area contributed by atoms with Crippen LogP contribution >= 0.6 is 0 Å². The highest BCUT2D eigenvalue weighted by atomic mass is 19.1. The minimum Gasteiger partial charge on any atom is -0.326 e. The van der Waals surface area contributed by atoms with E-state index in [4.69, 9.17) is 5.73 Å². The lowest BCUT2D eigenvalue weighted by Crippen LogP contribution is -2.25. The number of benzene rings is 1. The van der Waals surface area contributed by atoms with Crippen molar-refractivity contribution >= 4 is 0 Å². The summed E-state index contributed by atoms with van der Waals surface area (Å²) in [6.07, 6.45) is 3.82. The average molecular weight is 278 g/mol. The molecule has 2 nitrogen and oxygen atoms in total. The highest BCUT2D eigenvalue weighted by Gasteiger charge is 2.20. The van der Waals surface area contributed by atoms with Crippen molar-refractivity contribution in [2.24, 2.45) is 17.6 Å². The molecule has 1 heterocycles. The van der Waals surface area contributed by atoms with Gasteiger partial charge in [0.2, 0.25) is 0 Å². The van der Waals surface area contributed by atoms with Gasteiger partial charge in [-0.15, -0.1) is 0 Å². The Kier molecular flexibility index (Phi) is 5.55. The molecule has 0 saturated carbocycles. The van der Waals surface area contributed by atoms with Crippen molar-refractivity contribution in [3.8, 4) is 0 Å². The molecule has 0 radical (unpaired) electrons. The highest BCUT2D eigenvalue weighted by molar-refractivity contribution is 5.27. The first-order valence-corrected chi connectivity index (χ1v) is 7.80. The molecule has 1 fully saturated rings. The van der Waals surface area contributed by atoms with Crippen molar-refractivity contribution in [2.45, 2.75) is 46.2 Å². The molecule has 0 spiro atoms. The fourth-order valence-corrected chi connectivity index (χ4v) is 3.19. The molecule has 0 aliphatic carbocycles. The lowest BCUT2D eigenvalue weighted by atomic mass is 9.89. The molecule has 1 atom stereocenters. The Morgan fingerprint density at radius 3 is 2.75 bits per heavy atom. The molecule has 3 heteroatoms. The van der Waals surface area contributed by atoms with Gasteiger partial charge in [-0.1, -0.05) is 19.9 Å². The molecule has 1 aromatic carbocycles. The topological polar surface area (TPSA) is 29.3 Å². The summed E-state index contributed by atoms with van der Waals surface area (Å²) < 4.78 is 13.4. The van der Waals surface area contributed by atoms with Gasteiger partial charge in [0.1, 0.15) is 5.82 Å². The van der Waals surface area contributed by atoms with E-state index in [1.165, 1.54) is 25.3 Å². The van der Waals surface area contributed by atoms with Crippen molar-refractivity contribution in [3.05, 3.63) is 35.1 Å². The van der Waals surface area contributed by atoms with Crippen LogP contribution in [-0.2, 0) is 13.1 Å². The van der Waals surface area contributed by atoms with Gasteiger partial charge in [-0.05, 0) is 67.4 Å². The van der Waals surface area contributed by atoms with Crippen LogP contribution in [0.2, 0.25) is 0 Å². The number of nitrogens with two attached hydrogens (primary N) is 1. The predicted molar refractivity (Wildman–Crippen MR) is 81.7 cm³/mol. The summed E-state index contributed by atoms with van der Waals surface area (Å²) in [5.41, 5.74) is 7.87. The summed E-state index contributed by atoms with van der Waals surface area (Å²) in [6, 6.07) is 4.97. The van der Waals surface area contributed by atoms with Crippen LogP contribution in [-0.4, -0.2) is 18.0 Å². The molecule has 1 saturated heterocycles. The van der Waals surface area contributed by atoms with Crippen molar-refractivity contribution in [3.63, 3.8) is 0 Å². The van der Waals surface area contributed by atoms with Gasteiger partial charge in [0.05, 0.1) is 0 Å². The third kappa shape index (κ3) is 4.03. The second kappa shape index (κ2) is 7.19. The van der Waals surface area contributed by atoms with Crippen molar-refractivity contribution in [1.82, 2.24) is 4.90 Å². The third-order valence-corrected chi connectivity index (χ3v) is 4.59. The van der Waals surface area contributed by atoms with Gasteiger partial charge in [0.25, 0.3) is 0 Å². The first-order valence-electron chi connectivity index (χ1n) is 7.80. The Morgan fingerprint density at radius 2 is 2.05 bits per heavy atom. The van der Waals surface area contributed by atoms with Crippen molar-refractivity contribution in [2.75, 3.05) is 13.1 Å². The van der Waals surface area contributed by atoms with Crippen LogP contribution in [0.5, 0.6) is 0 Å². The number of hydrogen-bond acceptors (Lipinski definition) is 2. The van der Waals surface area contributed by atoms with Crippen LogP contribution in [0.1, 0.15) is 44.2 Å². The van der Waals surface area contributed by atoms with Crippen LogP contribution < -0.4 is 5.73 Å². The minimum absolute atomic E-state index is 0.160. The van der Waals surface area contributed by atoms with E-state index in [9.17, 15) is 4.39 Å². The number of likely N-dealkylation sites (tertiary alicyclic amines) is 1. The lowest BCUT2D eigenvalue weighted by molar-refractivity contribution is 0.264. The van der Waals surface area contributed by atoms with E-state index in [2.05, 4.69) is 18.7 Å². The molecule has 1 aromatic rings. The van der Waals surface area contributed by atoms with E-state index in [0.29, 0.717) is 6.54 Å². The van der Waals surface area contributed by atoms with Gasteiger partial charge in [0.15, 0.2) is 0 Å². The first kappa shape index (κ1) is 15.5. The van der Waals surface area contributed by atoms with E-state index in [1.807, 2.05) is 6.07 Å². The molecule has 20 heavy (non-hydrogen) atoms. The van der Waals surface area contributed by atoms with Gasteiger partial charge in [0, 0.05) is 13.1 Å². The van der Waals surface area contributed by atoms with E-state index in [1.54, 1.807) is 6.07 Å². The lowest BCUT2D eigenvalue weighted by Gasteiger charge is -2.22. The average Bonchev–Trinajstić information content (AvgIpc) is 2.65. The van der Waals surface area contributed by atoms with E-state index >= 15 is 0 Å². The summed E-state index contributed by atoms with van der Waals surface area (Å²) in [5, 5.41) is 0.